The lowest BCUT2D eigenvalue weighted by molar-refractivity contribution is 0.00595. The molecule has 0 radical (unpaired) electrons. The van der Waals surface area contributed by atoms with Gasteiger partial charge in [-0.25, -0.2) is 9.78 Å². The van der Waals surface area contributed by atoms with Crippen LogP contribution in [0.2, 0.25) is 0 Å². The molecule has 1 aromatic heterocycles. The Balaban J connectivity index is 1.68. The fourth-order valence-electron chi connectivity index (χ4n) is 3.66. The molecule has 0 N–H and O–H groups in total. The molecule has 132 valence electrons. The molecule has 7 nitrogen and oxygen atoms in total. The maximum absolute atomic E-state index is 12.5. The smallest absolute Gasteiger partial charge is 0.410 e. The van der Waals surface area contributed by atoms with Gasteiger partial charge in [0.15, 0.2) is 0 Å². The van der Waals surface area contributed by atoms with Crippen molar-refractivity contribution >= 4 is 28.0 Å². The SMILES string of the molecule is CN(c1ncc(Br)nn1)C1C[C@H]2CC[C@@H](C1)N2C(=O)OC(C)(C)C. The van der Waals surface area contributed by atoms with Crippen molar-refractivity contribution in [3.8, 4) is 0 Å². The Morgan fingerprint density at radius 2 is 1.92 bits per heavy atom. The van der Waals surface area contributed by atoms with Gasteiger partial charge in [0.2, 0.25) is 5.95 Å². The van der Waals surface area contributed by atoms with Crippen LogP contribution in [0, 0.1) is 0 Å². The molecule has 2 saturated heterocycles. The van der Waals surface area contributed by atoms with Crippen molar-refractivity contribution in [2.75, 3.05) is 11.9 Å². The van der Waals surface area contributed by atoms with Gasteiger partial charge in [-0.1, -0.05) is 0 Å². The van der Waals surface area contributed by atoms with E-state index >= 15 is 0 Å². The topological polar surface area (TPSA) is 71.5 Å². The van der Waals surface area contributed by atoms with E-state index in [0.29, 0.717) is 16.6 Å². The monoisotopic (exact) mass is 397 g/mol. The Morgan fingerprint density at radius 1 is 1.29 bits per heavy atom. The standard InChI is InChI=1S/C16H24BrN5O2/c1-16(2,3)24-15(23)22-10-5-6-11(22)8-12(7-10)21(4)14-18-9-13(17)19-20-14/h9-12H,5-8H2,1-4H3/t10-,11+,12?. The van der Waals surface area contributed by atoms with Gasteiger partial charge >= 0.3 is 6.09 Å². The van der Waals surface area contributed by atoms with Crippen LogP contribution in [0.3, 0.4) is 0 Å². The first-order valence-corrected chi connectivity index (χ1v) is 9.13. The maximum Gasteiger partial charge on any atom is 0.410 e. The molecule has 8 heteroatoms. The number of halogens is 1. The van der Waals surface area contributed by atoms with Crippen molar-refractivity contribution in [3.05, 3.63) is 10.8 Å². The summed E-state index contributed by atoms with van der Waals surface area (Å²) >= 11 is 3.25. The average molecular weight is 398 g/mol. The summed E-state index contributed by atoms with van der Waals surface area (Å²) < 4.78 is 6.21. The van der Waals surface area contributed by atoms with E-state index in [1.165, 1.54) is 0 Å². The van der Waals surface area contributed by atoms with Gasteiger partial charge in [0.1, 0.15) is 10.2 Å². The minimum atomic E-state index is -0.457. The van der Waals surface area contributed by atoms with Gasteiger partial charge in [-0.15, -0.1) is 10.2 Å². The van der Waals surface area contributed by atoms with Crippen molar-refractivity contribution < 1.29 is 9.53 Å². The van der Waals surface area contributed by atoms with Crippen molar-refractivity contribution in [1.29, 1.82) is 0 Å². The molecule has 0 aliphatic carbocycles. The Hall–Kier alpha value is -1.44. The van der Waals surface area contributed by atoms with Gasteiger partial charge in [0.05, 0.1) is 6.20 Å². The second-order valence-electron chi connectivity index (χ2n) is 7.59. The Morgan fingerprint density at radius 3 is 2.42 bits per heavy atom. The number of aromatic nitrogens is 3. The fraction of sp³-hybridized carbons (Fsp3) is 0.750. The molecule has 0 saturated carbocycles. The van der Waals surface area contributed by atoms with Crippen LogP contribution in [-0.2, 0) is 4.74 Å². The highest BCUT2D eigenvalue weighted by Crippen LogP contribution is 2.38. The van der Waals surface area contributed by atoms with Gasteiger partial charge in [0, 0.05) is 25.2 Å². The first-order chi connectivity index (χ1) is 11.2. The van der Waals surface area contributed by atoms with Crippen molar-refractivity contribution in [2.45, 2.75) is 70.2 Å². The van der Waals surface area contributed by atoms with E-state index in [2.05, 4.69) is 36.0 Å². The van der Waals surface area contributed by atoms with E-state index in [0.717, 1.165) is 25.7 Å². The molecule has 3 rings (SSSR count). The quantitative estimate of drug-likeness (QED) is 0.763. The number of carbonyl (C=O) groups excluding carboxylic acids is 1. The van der Waals surface area contributed by atoms with Gasteiger partial charge in [-0.3, -0.25) is 0 Å². The van der Waals surface area contributed by atoms with Gasteiger partial charge in [-0.2, -0.15) is 0 Å². The molecule has 0 spiro atoms. The molecule has 24 heavy (non-hydrogen) atoms. The third kappa shape index (κ3) is 3.63. The van der Waals surface area contributed by atoms with E-state index in [4.69, 9.17) is 4.74 Å². The third-order valence-electron chi connectivity index (χ3n) is 4.70. The van der Waals surface area contributed by atoms with Crippen molar-refractivity contribution in [2.24, 2.45) is 0 Å². The van der Waals surface area contributed by atoms with Crippen LogP contribution >= 0.6 is 15.9 Å². The number of hydrogen-bond acceptors (Lipinski definition) is 6. The van der Waals surface area contributed by atoms with Gasteiger partial charge < -0.3 is 14.5 Å². The molecule has 3 heterocycles. The molecule has 2 aliphatic rings. The molecule has 2 fully saturated rings. The predicted octanol–water partition coefficient (Wildman–Crippen LogP) is 3.00. The lowest BCUT2D eigenvalue weighted by Crippen LogP contribution is -2.53. The molecule has 0 aromatic carbocycles. The number of carbonyl (C=O) groups is 1. The Kier molecular flexibility index (Phi) is 4.68. The molecule has 1 unspecified atom stereocenters. The number of amides is 1. The molecule has 1 amide bonds. The maximum atomic E-state index is 12.5. The van der Waals surface area contributed by atoms with E-state index in [1.807, 2.05) is 32.7 Å². The number of rotatable bonds is 2. The third-order valence-corrected chi connectivity index (χ3v) is 5.06. The van der Waals surface area contributed by atoms with Crippen LogP contribution in [0.15, 0.2) is 10.8 Å². The summed E-state index contributed by atoms with van der Waals surface area (Å²) in [6.45, 7) is 5.72. The van der Waals surface area contributed by atoms with E-state index in [9.17, 15) is 4.79 Å². The number of nitrogens with zero attached hydrogens (tertiary/aromatic N) is 5. The highest BCUT2D eigenvalue weighted by atomic mass is 79.9. The second-order valence-corrected chi connectivity index (χ2v) is 8.40. The summed E-state index contributed by atoms with van der Waals surface area (Å²) in [4.78, 5) is 20.9. The van der Waals surface area contributed by atoms with Crippen LogP contribution in [0.1, 0.15) is 46.5 Å². The Labute approximate surface area is 150 Å². The summed E-state index contributed by atoms with van der Waals surface area (Å²) in [6, 6.07) is 0.771. The molecule has 2 bridgehead atoms. The van der Waals surface area contributed by atoms with E-state index in [-0.39, 0.29) is 18.2 Å². The zero-order chi connectivity index (χ0) is 17.5. The highest BCUT2D eigenvalue weighted by molar-refractivity contribution is 9.10. The first kappa shape index (κ1) is 17.4. The Bertz CT molecular complexity index is 589. The average Bonchev–Trinajstić information content (AvgIpc) is 2.76. The summed E-state index contributed by atoms with van der Waals surface area (Å²) in [5.41, 5.74) is -0.457. The van der Waals surface area contributed by atoms with Crippen LogP contribution in [0.5, 0.6) is 0 Å². The molecular weight excluding hydrogens is 374 g/mol. The summed E-state index contributed by atoms with van der Waals surface area (Å²) in [5, 5.41) is 8.15. The van der Waals surface area contributed by atoms with E-state index < -0.39 is 5.60 Å². The summed E-state index contributed by atoms with van der Waals surface area (Å²) in [7, 11) is 2.00. The zero-order valence-electron chi connectivity index (χ0n) is 14.6. The summed E-state index contributed by atoms with van der Waals surface area (Å²) in [5.74, 6) is 0.619. The number of piperidine rings is 1. The lowest BCUT2D eigenvalue weighted by Gasteiger charge is -2.42. The van der Waals surface area contributed by atoms with Crippen LogP contribution in [-0.4, -0.2) is 56.9 Å². The van der Waals surface area contributed by atoms with Crippen LogP contribution in [0.4, 0.5) is 10.7 Å². The van der Waals surface area contributed by atoms with Crippen molar-refractivity contribution in [3.63, 3.8) is 0 Å². The van der Waals surface area contributed by atoms with E-state index in [1.54, 1.807) is 6.20 Å². The highest BCUT2D eigenvalue weighted by Gasteiger charge is 2.46. The predicted molar refractivity (Wildman–Crippen MR) is 93.8 cm³/mol. The molecule has 2 aliphatic heterocycles. The number of ether oxygens (including phenoxy) is 1. The molecule has 3 atom stereocenters. The van der Waals surface area contributed by atoms with Gasteiger partial charge in [-0.05, 0) is 62.4 Å². The number of anilines is 1. The van der Waals surface area contributed by atoms with Crippen LogP contribution < -0.4 is 4.90 Å². The first-order valence-electron chi connectivity index (χ1n) is 8.34. The largest absolute Gasteiger partial charge is 0.444 e. The fourth-order valence-corrected chi connectivity index (χ4v) is 3.84. The van der Waals surface area contributed by atoms with Crippen LogP contribution in [0.25, 0.3) is 0 Å². The minimum Gasteiger partial charge on any atom is -0.444 e. The summed E-state index contributed by atoms with van der Waals surface area (Å²) in [6.07, 6.45) is 5.36. The lowest BCUT2D eigenvalue weighted by atomic mass is 9.97. The number of hydrogen-bond donors (Lipinski definition) is 0. The second kappa shape index (κ2) is 6.46. The minimum absolute atomic E-state index is 0.183. The van der Waals surface area contributed by atoms with Gasteiger partial charge in [0.25, 0.3) is 0 Å². The zero-order valence-corrected chi connectivity index (χ0v) is 16.2. The molecule has 1 aromatic rings. The normalized spacial score (nSPS) is 26.4. The number of fused-ring (bicyclic) bond motifs is 2. The molecular formula is C16H24BrN5O2. The van der Waals surface area contributed by atoms with Crippen molar-refractivity contribution in [1.82, 2.24) is 20.1 Å².